The van der Waals surface area contributed by atoms with E-state index in [1.165, 1.54) is 5.19 Å². The molecule has 11 heteroatoms. The van der Waals surface area contributed by atoms with Crippen molar-refractivity contribution >= 4 is 42.2 Å². The second-order valence-corrected chi connectivity index (χ2v) is 18.0. The Kier molecular flexibility index (Phi) is 8.21. The highest BCUT2D eigenvalue weighted by Gasteiger charge is 2.50. The zero-order valence-electron chi connectivity index (χ0n) is 26.6. The topological polar surface area (TPSA) is 126 Å². The molecular formula is C33H41N3O7Si-. The number of hydrogen-bond donors (Lipinski definition) is 1. The molecule has 2 aliphatic heterocycles. The van der Waals surface area contributed by atoms with Crippen molar-refractivity contribution in [3.05, 3.63) is 57.4 Å². The molecule has 1 N–H and O–H groups in total. The molecule has 0 saturated heterocycles. The number of carbonyl (C=O) groups is 3. The summed E-state index contributed by atoms with van der Waals surface area (Å²) in [6.45, 7) is 14.0. The van der Waals surface area contributed by atoms with Gasteiger partial charge in [0.15, 0.2) is 0 Å². The molecule has 0 spiro atoms. The van der Waals surface area contributed by atoms with E-state index in [9.17, 15) is 19.2 Å². The quantitative estimate of drug-likeness (QED) is 0.168. The molecule has 44 heavy (non-hydrogen) atoms. The Morgan fingerprint density at radius 2 is 1.86 bits per heavy atom. The summed E-state index contributed by atoms with van der Waals surface area (Å²) < 4.78 is 18.3. The van der Waals surface area contributed by atoms with Crippen LogP contribution in [-0.2, 0) is 42.6 Å². The molecule has 0 aliphatic carbocycles. The fourth-order valence-corrected chi connectivity index (χ4v) is 9.99. The minimum absolute atomic E-state index is 0.0487. The molecule has 0 radical (unpaired) electrons. The molecule has 2 aliphatic rings. The van der Waals surface area contributed by atoms with Crippen molar-refractivity contribution in [2.24, 2.45) is 0 Å². The predicted molar refractivity (Wildman–Crippen MR) is 169 cm³/mol. The Bertz CT molecular complexity index is 1720. The van der Waals surface area contributed by atoms with E-state index in [4.69, 9.17) is 19.2 Å². The van der Waals surface area contributed by atoms with Gasteiger partial charge in [-0.15, -0.1) is 8.07 Å². The highest BCUT2D eigenvalue weighted by molar-refractivity contribution is 6.91. The summed E-state index contributed by atoms with van der Waals surface area (Å²) in [5, 5.41) is 4.95. The van der Waals surface area contributed by atoms with E-state index in [0.29, 0.717) is 23.4 Å². The third-order valence-electron chi connectivity index (χ3n) is 8.40. The number of amides is 1. The van der Waals surface area contributed by atoms with Crippen molar-refractivity contribution in [3.8, 4) is 11.4 Å². The van der Waals surface area contributed by atoms with Crippen LogP contribution < -0.4 is 16.1 Å². The lowest BCUT2D eigenvalue weighted by molar-refractivity contribution is -0.189. The molecule has 0 saturated carbocycles. The van der Waals surface area contributed by atoms with Crippen LogP contribution in [0.25, 0.3) is 22.3 Å². The number of rotatable bonds is 8. The summed E-state index contributed by atoms with van der Waals surface area (Å²) in [4.78, 5) is 57.6. The van der Waals surface area contributed by atoms with E-state index < -0.39 is 37.3 Å². The molecule has 3 aromatic rings. The zero-order chi connectivity index (χ0) is 32.0. The van der Waals surface area contributed by atoms with Crippen molar-refractivity contribution in [3.63, 3.8) is 0 Å². The first-order valence-corrected chi connectivity index (χ1v) is 18.5. The van der Waals surface area contributed by atoms with Gasteiger partial charge < -0.3 is 24.1 Å². The SMILES string of the molecule is CCC[Si-](C)(C)c1c2c(nc3ccccc13)-c1cc3c(c(=O)n1C2)COC(=O)[C@@]3(CC)OC(=O)CCNC(=O)OC(C)(C)C. The van der Waals surface area contributed by atoms with Crippen LogP contribution in [-0.4, -0.2) is 47.8 Å². The number of hydrogen-bond acceptors (Lipinski definition) is 8. The molecule has 1 atom stereocenters. The first-order chi connectivity index (χ1) is 20.7. The van der Waals surface area contributed by atoms with Gasteiger partial charge in [-0.05, 0) is 50.3 Å². The maximum Gasteiger partial charge on any atom is 0.407 e. The number of nitrogens with one attached hydrogen (secondary N) is 1. The minimum atomic E-state index is -1.93. The van der Waals surface area contributed by atoms with Gasteiger partial charge in [0.1, 0.15) is 12.2 Å². The fraction of sp³-hybridized carbons (Fsp3) is 0.485. The molecule has 1 amide bonds. The van der Waals surface area contributed by atoms with Gasteiger partial charge >= 0.3 is 18.0 Å². The number of pyridine rings is 2. The van der Waals surface area contributed by atoms with E-state index in [1.807, 2.05) is 18.2 Å². The van der Waals surface area contributed by atoms with Crippen LogP contribution >= 0.6 is 0 Å². The van der Waals surface area contributed by atoms with Gasteiger partial charge in [0.05, 0.1) is 35.4 Å². The Balaban J connectivity index is 1.56. The summed E-state index contributed by atoms with van der Waals surface area (Å²) in [6.07, 6.45) is 0.254. The van der Waals surface area contributed by atoms with Crippen LogP contribution in [0.1, 0.15) is 70.6 Å². The Labute approximate surface area is 258 Å². The van der Waals surface area contributed by atoms with Crippen LogP contribution in [0.15, 0.2) is 35.1 Å². The van der Waals surface area contributed by atoms with Gasteiger partial charge in [-0.3, -0.25) is 9.59 Å². The normalized spacial score (nSPS) is 17.4. The maximum atomic E-state index is 14.1. The predicted octanol–water partition coefficient (Wildman–Crippen LogP) is 4.87. The third kappa shape index (κ3) is 5.53. The van der Waals surface area contributed by atoms with Crippen molar-refractivity contribution in [1.29, 1.82) is 0 Å². The van der Waals surface area contributed by atoms with Crippen molar-refractivity contribution in [2.75, 3.05) is 6.54 Å². The molecule has 1 aromatic carbocycles. The highest BCUT2D eigenvalue weighted by atomic mass is 28.3. The number of alkyl carbamates (subject to hydrolysis) is 1. The lowest BCUT2D eigenvalue weighted by Crippen LogP contribution is -2.47. The van der Waals surface area contributed by atoms with Crippen LogP contribution in [0.3, 0.4) is 0 Å². The maximum absolute atomic E-state index is 14.1. The van der Waals surface area contributed by atoms with Crippen LogP contribution in [0.5, 0.6) is 0 Å². The average Bonchev–Trinajstić information content (AvgIpc) is 3.30. The Morgan fingerprint density at radius 1 is 1.14 bits per heavy atom. The summed E-state index contributed by atoms with van der Waals surface area (Å²) in [6, 6.07) is 11.0. The van der Waals surface area contributed by atoms with Crippen molar-refractivity contribution in [1.82, 2.24) is 14.9 Å². The van der Waals surface area contributed by atoms with Gasteiger partial charge in [0, 0.05) is 12.1 Å². The summed E-state index contributed by atoms with van der Waals surface area (Å²) >= 11 is 0. The molecular weight excluding hydrogens is 578 g/mol. The zero-order valence-corrected chi connectivity index (χ0v) is 27.6. The van der Waals surface area contributed by atoms with Crippen LogP contribution in [0, 0.1) is 0 Å². The van der Waals surface area contributed by atoms with E-state index in [1.54, 1.807) is 38.3 Å². The van der Waals surface area contributed by atoms with E-state index >= 15 is 0 Å². The van der Waals surface area contributed by atoms with E-state index in [2.05, 4.69) is 31.4 Å². The van der Waals surface area contributed by atoms with Crippen LogP contribution in [0.2, 0.25) is 19.1 Å². The number of cyclic esters (lactones) is 1. The van der Waals surface area contributed by atoms with Crippen molar-refractivity contribution in [2.45, 2.75) is 97.4 Å². The number of ether oxygens (including phenoxy) is 3. The lowest BCUT2D eigenvalue weighted by Gasteiger charge is -2.38. The van der Waals surface area contributed by atoms with E-state index in [-0.39, 0.29) is 31.6 Å². The molecule has 235 valence electrons. The Morgan fingerprint density at radius 3 is 2.55 bits per heavy atom. The number of esters is 2. The number of aromatic nitrogens is 2. The first-order valence-electron chi connectivity index (χ1n) is 15.3. The largest absolute Gasteiger partial charge is 0.457 e. The molecule has 4 heterocycles. The minimum Gasteiger partial charge on any atom is -0.457 e. The standard InChI is InChI=1S/C33H41N3O7Si/c1-8-16-44(6,7)28-20-12-10-11-13-24(20)35-27-21(28)18-36-25(27)17-23-22(29(36)38)19-41-30(39)33(23,9-2)42-26(37)14-15-34-31(40)43-32(3,4)5/h10-13,17H,8-9,14-16,18-19H2,1-7H3,(H,34,40)/q-1/t33-/m0/s1. The average molecular weight is 620 g/mol. The second-order valence-electron chi connectivity index (χ2n) is 13.2. The smallest absolute Gasteiger partial charge is 0.407 e. The van der Waals surface area contributed by atoms with Gasteiger partial charge in [-0.25, -0.2) is 14.6 Å². The third-order valence-corrected chi connectivity index (χ3v) is 12.1. The van der Waals surface area contributed by atoms with Gasteiger partial charge in [0.2, 0.25) is 5.60 Å². The number of fused-ring (bicyclic) bond motifs is 5. The molecule has 2 aromatic heterocycles. The van der Waals surface area contributed by atoms with Gasteiger partial charge in [-0.2, -0.15) is 24.3 Å². The van der Waals surface area contributed by atoms with Crippen molar-refractivity contribution < 1.29 is 28.6 Å². The summed E-state index contributed by atoms with van der Waals surface area (Å²) in [7, 11) is -1.93. The summed E-state index contributed by atoms with van der Waals surface area (Å²) in [5.74, 6) is -1.44. The lowest BCUT2D eigenvalue weighted by atomic mass is 9.85. The van der Waals surface area contributed by atoms with Gasteiger partial charge in [-0.1, -0.05) is 38.5 Å². The highest BCUT2D eigenvalue weighted by Crippen LogP contribution is 2.41. The number of para-hydroxylation sites is 1. The molecule has 10 nitrogen and oxygen atoms in total. The Hall–Kier alpha value is -3.99. The summed E-state index contributed by atoms with van der Waals surface area (Å²) in [5.41, 5.74) is 1.09. The fourth-order valence-electron chi connectivity index (χ4n) is 6.53. The molecule has 0 bridgehead atoms. The second kappa shape index (κ2) is 11.5. The number of nitrogens with zero attached hydrogens (tertiary/aromatic N) is 2. The number of benzene rings is 1. The van der Waals surface area contributed by atoms with E-state index in [0.717, 1.165) is 34.6 Å². The first kappa shape index (κ1) is 31.4. The molecule has 0 fully saturated rings. The van der Waals surface area contributed by atoms with Crippen LogP contribution in [0.4, 0.5) is 4.79 Å². The molecule has 0 unspecified atom stereocenters. The number of carbonyl (C=O) groups excluding carboxylic acids is 3. The molecule has 5 rings (SSSR count). The monoisotopic (exact) mass is 619 g/mol. The van der Waals surface area contributed by atoms with Gasteiger partial charge in [0.25, 0.3) is 5.56 Å².